The van der Waals surface area contributed by atoms with Gasteiger partial charge in [0, 0.05) is 6.61 Å². The Morgan fingerprint density at radius 1 is 1.39 bits per heavy atom. The highest BCUT2D eigenvalue weighted by Crippen LogP contribution is 2.33. The fraction of sp³-hybridized carbons (Fsp3) is 0.571. The number of benzene rings is 1. The van der Waals surface area contributed by atoms with E-state index in [-0.39, 0.29) is 30.4 Å². The molecule has 1 saturated heterocycles. The summed E-state index contributed by atoms with van der Waals surface area (Å²) in [5.74, 6) is 0. The van der Waals surface area contributed by atoms with E-state index in [1.54, 1.807) is 0 Å². The molecule has 0 N–H and O–H groups in total. The number of sulfone groups is 1. The van der Waals surface area contributed by atoms with Gasteiger partial charge < -0.3 is 9.16 Å². The largest absolute Gasteiger partial charge is 0.422 e. The fourth-order valence-electron chi connectivity index (χ4n) is 2.53. The van der Waals surface area contributed by atoms with E-state index in [2.05, 4.69) is 0 Å². The summed E-state index contributed by atoms with van der Waals surface area (Å²) in [6.07, 6.45) is -4.36. The second-order valence-corrected chi connectivity index (χ2v) is 8.58. The molecule has 0 aliphatic carbocycles. The van der Waals surface area contributed by atoms with Gasteiger partial charge >= 0.3 is 6.18 Å². The smallest absolute Gasteiger partial charge is 0.416 e. The summed E-state index contributed by atoms with van der Waals surface area (Å²) in [5.41, 5.74) is -0.956. The summed E-state index contributed by atoms with van der Waals surface area (Å²) in [6, 6.07) is 3.91. The van der Waals surface area contributed by atoms with Crippen LogP contribution in [0.1, 0.15) is 18.4 Å². The maximum Gasteiger partial charge on any atom is 0.416 e. The summed E-state index contributed by atoms with van der Waals surface area (Å²) in [7, 11) is -4.44. The van der Waals surface area contributed by atoms with Gasteiger partial charge in [0.1, 0.15) is 0 Å². The highest BCUT2D eigenvalue weighted by atomic mass is 32.2. The van der Waals surface area contributed by atoms with E-state index in [0.29, 0.717) is 12.7 Å². The zero-order chi connectivity index (χ0) is 17.1. The van der Waals surface area contributed by atoms with Crippen molar-refractivity contribution in [3.05, 3.63) is 29.8 Å². The molecule has 1 aliphatic rings. The Labute approximate surface area is 135 Å². The Morgan fingerprint density at radius 2 is 2.13 bits per heavy atom. The summed E-state index contributed by atoms with van der Waals surface area (Å²) >= 11 is 0. The third kappa shape index (κ3) is 4.56. The Kier molecular flexibility index (Phi) is 5.87. The van der Waals surface area contributed by atoms with Crippen molar-refractivity contribution in [2.75, 3.05) is 13.2 Å². The Morgan fingerprint density at radius 3 is 2.78 bits per heavy atom. The van der Waals surface area contributed by atoms with Gasteiger partial charge in [-0.1, -0.05) is 12.6 Å². The predicted molar refractivity (Wildman–Crippen MR) is 81.8 cm³/mol. The van der Waals surface area contributed by atoms with Crippen LogP contribution in [0.2, 0.25) is 6.55 Å². The molecule has 1 fully saturated rings. The highest BCUT2D eigenvalue weighted by Gasteiger charge is 2.36. The van der Waals surface area contributed by atoms with Gasteiger partial charge in [-0.3, -0.25) is 0 Å². The first-order valence-electron chi connectivity index (χ1n) is 7.35. The quantitative estimate of drug-likeness (QED) is 0.748. The summed E-state index contributed by atoms with van der Waals surface area (Å²) < 4.78 is 74.4. The summed E-state index contributed by atoms with van der Waals surface area (Å²) in [5, 5.41) is -0.744. The molecule has 0 amide bonds. The number of hydrogen-bond acceptors (Lipinski definition) is 4. The monoisotopic (exact) mass is 368 g/mol. The predicted octanol–water partition coefficient (Wildman–Crippen LogP) is 2.18. The normalized spacial score (nSPS) is 23.5. The van der Waals surface area contributed by atoms with E-state index in [4.69, 9.17) is 9.16 Å². The molecule has 0 bridgehead atoms. The van der Waals surface area contributed by atoms with E-state index in [9.17, 15) is 21.6 Å². The first kappa shape index (κ1) is 18.4. The summed E-state index contributed by atoms with van der Waals surface area (Å²) in [4.78, 5) is -0.288. The van der Waals surface area contributed by atoms with Gasteiger partial charge in [0.15, 0.2) is 19.6 Å². The van der Waals surface area contributed by atoms with Gasteiger partial charge in [-0.2, -0.15) is 13.2 Å². The Bertz CT molecular complexity index is 633. The molecule has 4 nitrogen and oxygen atoms in total. The van der Waals surface area contributed by atoms with Crippen molar-refractivity contribution < 1.29 is 30.8 Å². The zero-order valence-electron chi connectivity index (χ0n) is 12.7. The van der Waals surface area contributed by atoms with Crippen molar-refractivity contribution in [3.63, 3.8) is 0 Å². The van der Waals surface area contributed by atoms with Gasteiger partial charge in [-0.15, -0.1) is 0 Å². The van der Waals surface area contributed by atoms with Crippen LogP contribution in [0.15, 0.2) is 29.2 Å². The van der Waals surface area contributed by atoms with Gasteiger partial charge in [0.2, 0.25) is 0 Å². The number of rotatable bonds is 5. The highest BCUT2D eigenvalue weighted by molar-refractivity contribution is 7.92. The molecule has 1 aliphatic heterocycles. The van der Waals surface area contributed by atoms with Crippen molar-refractivity contribution >= 4 is 19.6 Å². The average Bonchev–Trinajstić information content (AvgIpc) is 2.52. The van der Waals surface area contributed by atoms with Crippen LogP contribution in [0.5, 0.6) is 0 Å². The minimum atomic E-state index is -4.57. The first-order chi connectivity index (χ1) is 10.7. The van der Waals surface area contributed by atoms with Crippen LogP contribution < -0.4 is 0 Å². The first-order valence-corrected chi connectivity index (χ1v) is 10.9. The van der Waals surface area contributed by atoms with E-state index < -0.39 is 36.6 Å². The molecule has 9 heteroatoms. The number of ether oxygens (including phenoxy) is 1. The molecular formula is C14H19F3O4SSi. The number of halogens is 3. The fourth-order valence-corrected chi connectivity index (χ4v) is 4.85. The van der Waals surface area contributed by atoms with Crippen LogP contribution in [0, 0.1) is 0 Å². The van der Waals surface area contributed by atoms with Crippen molar-refractivity contribution in [2.24, 2.45) is 0 Å². The van der Waals surface area contributed by atoms with Crippen molar-refractivity contribution in [3.8, 4) is 0 Å². The molecular weight excluding hydrogens is 349 g/mol. The molecule has 0 radical (unpaired) electrons. The van der Waals surface area contributed by atoms with Crippen LogP contribution in [0.3, 0.4) is 0 Å². The van der Waals surface area contributed by atoms with Crippen LogP contribution >= 0.6 is 0 Å². The lowest BCUT2D eigenvalue weighted by molar-refractivity contribution is -0.137. The standard InChI is InChI=1S/C14H19F3O4SSi/c1-23-21-9-11-8-13(5-6-20-11)22(18,19)12-4-2-3-10(7-12)14(15,16)17/h2-4,7,11,13H,5-6,8-9,23H2,1H3. The molecule has 23 heavy (non-hydrogen) atoms. The lowest BCUT2D eigenvalue weighted by Gasteiger charge is -2.29. The molecule has 130 valence electrons. The van der Waals surface area contributed by atoms with Crippen LogP contribution in [-0.4, -0.2) is 42.7 Å². The average molecular weight is 368 g/mol. The molecule has 0 saturated carbocycles. The van der Waals surface area contributed by atoms with Crippen molar-refractivity contribution in [2.45, 2.75) is 41.8 Å². The third-order valence-electron chi connectivity index (χ3n) is 3.76. The van der Waals surface area contributed by atoms with Gasteiger partial charge in [-0.25, -0.2) is 8.42 Å². The van der Waals surface area contributed by atoms with E-state index in [1.807, 2.05) is 6.55 Å². The second-order valence-electron chi connectivity index (χ2n) is 5.37. The molecule has 0 aromatic heterocycles. The minimum Gasteiger partial charge on any atom is -0.422 e. The van der Waals surface area contributed by atoms with Gasteiger partial charge in [0.25, 0.3) is 0 Å². The lowest BCUT2D eigenvalue weighted by atomic mass is 10.1. The molecule has 0 spiro atoms. The van der Waals surface area contributed by atoms with Crippen LogP contribution in [0.25, 0.3) is 0 Å². The van der Waals surface area contributed by atoms with E-state index >= 15 is 0 Å². The SMILES string of the molecule is C[SiH2]OCC1CC(S(=O)(=O)c2cccc(C(F)(F)F)c2)CCO1. The topological polar surface area (TPSA) is 52.6 Å². The minimum absolute atomic E-state index is 0.243. The Balaban J connectivity index is 2.21. The van der Waals surface area contributed by atoms with Gasteiger partial charge in [-0.05, 0) is 31.0 Å². The van der Waals surface area contributed by atoms with Crippen molar-refractivity contribution in [1.29, 1.82) is 0 Å². The van der Waals surface area contributed by atoms with Crippen LogP contribution in [0.4, 0.5) is 13.2 Å². The van der Waals surface area contributed by atoms with E-state index in [1.165, 1.54) is 6.07 Å². The maximum atomic E-state index is 12.8. The van der Waals surface area contributed by atoms with Crippen LogP contribution in [-0.2, 0) is 25.2 Å². The molecule has 1 aromatic carbocycles. The van der Waals surface area contributed by atoms with Crippen molar-refractivity contribution in [1.82, 2.24) is 0 Å². The molecule has 1 heterocycles. The summed E-state index contributed by atoms with van der Waals surface area (Å²) in [6.45, 7) is 2.57. The Hall–Kier alpha value is -0.903. The number of alkyl halides is 3. The maximum absolute atomic E-state index is 12.8. The molecule has 2 rings (SSSR count). The third-order valence-corrected chi connectivity index (χ3v) is 6.62. The molecule has 2 unspecified atom stereocenters. The zero-order valence-corrected chi connectivity index (χ0v) is 14.9. The number of hydrogen-bond donors (Lipinski definition) is 0. The molecule has 2 atom stereocenters. The van der Waals surface area contributed by atoms with E-state index in [0.717, 1.165) is 12.1 Å². The second kappa shape index (κ2) is 7.33. The molecule has 1 aromatic rings. The van der Waals surface area contributed by atoms with Gasteiger partial charge in [0.05, 0.1) is 28.4 Å². The lowest BCUT2D eigenvalue weighted by Crippen LogP contribution is -2.37.